The van der Waals surface area contributed by atoms with Gasteiger partial charge in [-0.2, -0.15) is 0 Å². The van der Waals surface area contributed by atoms with Gasteiger partial charge < -0.3 is 15.4 Å². The Labute approximate surface area is 107 Å². The molecule has 2 aromatic rings. The van der Waals surface area contributed by atoms with Crippen molar-refractivity contribution in [3.8, 4) is 0 Å². The van der Waals surface area contributed by atoms with Crippen LogP contribution in [0.15, 0.2) is 18.2 Å². The van der Waals surface area contributed by atoms with Gasteiger partial charge in [0.05, 0.1) is 17.1 Å². The highest BCUT2D eigenvalue weighted by Gasteiger charge is 2.14. The summed E-state index contributed by atoms with van der Waals surface area (Å²) < 4.78 is 2.19. The average Bonchev–Trinajstić information content (AvgIpc) is 2.64. The quantitative estimate of drug-likeness (QED) is 0.816. The average molecular weight is 247 g/mol. The molecule has 0 amide bonds. The number of aliphatic hydroxyl groups is 1. The number of benzene rings is 1. The minimum atomic E-state index is -0.295. The smallest absolute Gasteiger partial charge is 0.112 e. The molecule has 4 nitrogen and oxygen atoms in total. The summed E-state index contributed by atoms with van der Waals surface area (Å²) in [6.07, 6.45) is 0.437. The van der Waals surface area contributed by atoms with Crippen LogP contribution < -0.4 is 5.73 Å². The van der Waals surface area contributed by atoms with E-state index in [0.717, 1.165) is 35.5 Å². The molecule has 1 unspecified atom stereocenters. The number of hydrogen-bond acceptors (Lipinski definition) is 3. The van der Waals surface area contributed by atoms with Crippen molar-refractivity contribution in [3.05, 3.63) is 24.0 Å². The minimum absolute atomic E-state index is 0.295. The zero-order valence-corrected chi connectivity index (χ0v) is 11.2. The predicted octanol–water partition coefficient (Wildman–Crippen LogP) is 2.51. The van der Waals surface area contributed by atoms with E-state index in [1.807, 2.05) is 25.1 Å². The number of imidazole rings is 1. The fourth-order valence-electron chi connectivity index (χ4n) is 2.16. The summed E-state index contributed by atoms with van der Waals surface area (Å²) in [7, 11) is 0. The van der Waals surface area contributed by atoms with Gasteiger partial charge >= 0.3 is 0 Å². The first kappa shape index (κ1) is 12.9. The summed E-state index contributed by atoms with van der Waals surface area (Å²) in [6, 6.07) is 5.80. The van der Waals surface area contributed by atoms with Crippen LogP contribution in [0.3, 0.4) is 0 Å². The second-order valence-electron chi connectivity index (χ2n) is 5.16. The van der Waals surface area contributed by atoms with Crippen molar-refractivity contribution in [2.75, 3.05) is 5.73 Å². The Morgan fingerprint density at radius 3 is 2.67 bits per heavy atom. The lowest BCUT2D eigenvalue weighted by Crippen LogP contribution is -2.10. The fourth-order valence-corrected chi connectivity index (χ4v) is 2.16. The van der Waals surface area contributed by atoms with E-state index in [0.29, 0.717) is 5.92 Å². The largest absolute Gasteiger partial charge is 0.399 e. The third-order valence-electron chi connectivity index (χ3n) is 3.09. The molecule has 1 heterocycles. The molecule has 18 heavy (non-hydrogen) atoms. The zero-order valence-electron chi connectivity index (χ0n) is 11.2. The summed E-state index contributed by atoms with van der Waals surface area (Å²) in [5.41, 5.74) is 8.55. The second kappa shape index (κ2) is 4.98. The van der Waals surface area contributed by atoms with Crippen molar-refractivity contribution in [3.63, 3.8) is 0 Å². The van der Waals surface area contributed by atoms with Crippen molar-refractivity contribution < 1.29 is 5.11 Å². The molecule has 0 saturated carbocycles. The topological polar surface area (TPSA) is 64.1 Å². The maximum absolute atomic E-state index is 9.44. The second-order valence-corrected chi connectivity index (χ2v) is 5.16. The molecule has 1 atom stereocenters. The van der Waals surface area contributed by atoms with Crippen molar-refractivity contribution in [1.82, 2.24) is 9.55 Å². The van der Waals surface area contributed by atoms with Crippen LogP contribution in [-0.2, 0) is 6.54 Å². The number of nitrogen functional groups attached to an aromatic ring is 1. The van der Waals surface area contributed by atoms with E-state index in [1.54, 1.807) is 0 Å². The van der Waals surface area contributed by atoms with Crippen LogP contribution in [0.5, 0.6) is 0 Å². The normalized spacial score (nSPS) is 13.4. The molecule has 0 aliphatic heterocycles. The van der Waals surface area contributed by atoms with E-state index in [-0.39, 0.29) is 6.10 Å². The van der Waals surface area contributed by atoms with Crippen LogP contribution in [0.4, 0.5) is 5.69 Å². The molecule has 0 fully saturated rings. The van der Waals surface area contributed by atoms with Gasteiger partial charge in [-0.25, -0.2) is 4.98 Å². The number of aromatic nitrogens is 2. The molecule has 4 heteroatoms. The number of hydrogen-bond donors (Lipinski definition) is 2. The minimum Gasteiger partial charge on any atom is -0.399 e. The van der Waals surface area contributed by atoms with Crippen LogP contribution in [0, 0.1) is 0 Å². The summed E-state index contributed by atoms with van der Waals surface area (Å²) in [6.45, 7) is 6.85. The molecule has 0 aliphatic carbocycles. The summed E-state index contributed by atoms with van der Waals surface area (Å²) in [5.74, 6) is 1.41. The van der Waals surface area contributed by atoms with Gasteiger partial charge in [0.1, 0.15) is 5.82 Å². The number of fused-ring (bicyclic) bond motifs is 1. The highest BCUT2D eigenvalue weighted by molar-refractivity contribution is 5.79. The first-order valence-electron chi connectivity index (χ1n) is 6.42. The van der Waals surface area contributed by atoms with Gasteiger partial charge in [0.15, 0.2) is 0 Å². The number of nitrogens with two attached hydrogens (primary N) is 1. The standard InChI is InChI=1S/C14H21N3O/c1-9(2)14-16-12-8-11(15)4-5-13(12)17(14)7-6-10(3)18/h4-5,8-10,18H,6-7,15H2,1-3H3. The molecule has 1 aromatic heterocycles. The van der Waals surface area contributed by atoms with Crippen LogP contribution >= 0.6 is 0 Å². The molecule has 3 N–H and O–H groups in total. The summed E-state index contributed by atoms with van der Waals surface area (Å²) >= 11 is 0. The lowest BCUT2D eigenvalue weighted by atomic mass is 10.2. The third kappa shape index (κ3) is 2.48. The Bertz CT molecular complexity index is 543. The van der Waals surface area contributed by atoms with Crippen LogP contribution in [0.2, 0.25) is 0 Å². The van der Waals surface area contributed by atoms with Crippen molar-refractivity contribution in [2.24, 2.45) is 0 Å². The molecule has 0 spiro atoms. The number of aliphatic hydroxyl groups excluding tert-OH is 1. The van der Waals surface area contributed by atoms with Gasteiger partial charge in [-0.3, -0.25) is 0 Å². The number of rotatable bonds is 4. The highest BCUT2D eigenvalue weighted by atomic mass is 16.3. The van der Waals surface area contributed by atoms with Crippen LogP contribution in [0.1, 0.15) is 38.9 Å². The monoisotopic (exact) mass is 247 g/mol. The SMILES string of the molecule is CC(O)CCn1c(C(C)C)nc2cc(N)ccc21. The molecule has 0 radical (unpaired) electrons. The van der Waals surface area contributed by atoms with E-state index in [1.165, 1.54) is 0 Å². The molecule has 0 bridgehead atoms. The van der Waals surface area contributed by atoms with Gasteiger partial charge in [-0.1, -0.05) is 13.8 Å². The van der Waals surface area contributed by atoms with Gasteiger partial charge in [0.2, 0.25) is 0 Å². The Balaban J connectivity index is 2.48. The van der Waals surface area contributed by atoms with Crippen molar-refractivity contribution in [1.29, 1.82) is 0 Å². The Morgan fingerprint density at radius 1 is 1.33 bits per heavy atom. The predicted molar refractivity (Wildman–Crippen MR) is 74.5 cm³/mol. The Kier molecular flexibility index (Phi) is 3.57. The van der Waals surface area contributed by atoms with E-state index in [9.17, 15) is 5.11 Å². The van der Waals surface area contributed by atoms with Crippen molar-refractivity contribution >= 4 is 16.7 Å². The molecule has 2 rings (SSSR count). The molecule has 0 aliphatic rings. The summed E-state index contributed by atoms with van der Waals surface area (Å²) in [5, 5.41) is 9.44. The van der Waals surface area contributed by atoms with Crippen LogP contribution in [0.25, 0.3) is 11.0 Å². The molecule has 0 saturated heterocycles. The van der Waals surface area contributed by atoms with Crippen molar-refractivity contribution in [2.45, 2.75) is 45.8 Å². The molecular formula is C14H21N3O. The van der Waals surface area contributed by atoms with Gasteiger partial charge in [0.25, 0.3) is 0 Å². The number of nitrogens with zero attached hydrogens (tertiary/aromatic N) is 2. The maximum atomic E-state index is 9.44. The molecule has 98 valence electrons. The van der Waals surface area contributed by atoms with E-state index < -0.39 is 0 Å². The first-order valence-corrected chi connectivity index (χ1v) is 6.42. The highest BCUT2D eigenvalue weighted by Crippen LogP contribution is 2.24. The Morgan fingerprint density at radius 2 is 2.06 bits per heavy atom. The van der Waals surface area contributed by atoms with E-state index >= 15 is 0 Å². The Hall–Kier alpha value is -1.55. The summed E-state index contributed by atoms with van der Waals surface area (Å²) in [4.78, 5) is 4.65. The molecular weight excluding hydrogens is 226 g/mol. The maximum Gasteiger partial charge on any atom is 0.112 e. The van der Waals surface area contributed by atoms with E-state index in [4.69, 9.17) is 5.73 Å². The number of aryl methyl sites for hydroxylation is 1. The number of anilines is 1. The van der Waals surface area contributed by atoms with E-state index in [2.05, 4.69) is 23.4 Å². The van der Waals surface area contributed by atoms with Gasteiger partial charge in [0, 0.05) is 18.2 Å². The van der Waals surface area contributed by atoms with Gasteiger partial charge in [-0.15, -0.1) is 0 Å². The lowest BCUT2D eigenvalue weighted by molar-refractivity contribution is 0.178. The first-order chi connectivity index (χ1) is 8.49. The molecule has 1 aromatic carbocycles. The van der Waals surface area contributed by atoms with Crippen LogP contribution in [-0.4, -0.2) is 20.8 Å². The third-order valence-corrected chi connectivity index (χ3v) is 3.09. The fraction of sp³-hybridized carbons (Fsp3) is 0.500. The van der Waals surface area contributed by atoms with Gasteiger partial charge in [-0.05, 0) is 31.5 Å². The lowest BCUT2D eigenvalue weighted by Gasteiger charge is -2.12. The zero-order chi connectivity index (χ0) is 13.3.